The highest BCUT2D eigenvalue weighted by molar-refractivity contribution is 5.71. The van der Waals surface area contributed by atoms with E-state index < -0.39 is 6.10 Å². The van der Waals surface area contributed by atoms with Gasteiger partial charge in [-0.2, -0.15) is 0 Å². The minimum absolute atomic E-state index is 0.0777. The SMILES string of the molecule is CC/C=C\C/C=C\C/C=C\CCCCCCCCCC(=O)OC(COC(=O)CCCCCCCCCCCC)COC(=O)CCCCCCCCCCC/C=C\C/C=C\CCCCC. The maximum Gasteiger partial charge on any atom is 0.306 e. The molecule has 1 unspecified atom stereocenters. The molecule has 1 atom stereocenters. The molecule has 370 valence electrons. The van der Waals surface area contributed by atoms with Crippen LogP contribution in [0.5, 0.6) is 0 Å². The van der Waals surface area contributed by atoms with E-state index in [2.05, 4.69) is 81.5 Å². The zero-order valence-corrected chi connectivity index (χ0v) is 42.3. The average molecular weight is 895 g/mol. The van der Waals surface area contributed by atoms with Gasteiger partial charge in [0.2, 0.25) is 0 Å². The zero-order valence-electron chi connectivity index (χ0n) is 42.3. The Balaban J connectivity index is 4.33. The summed E-state index contributed by atoms with van der Waals surface area (Å²) in [6, 6.07) is 0. The minimum atomic E-state index is -0.778. The first-order valence-corrected chi connectivity index (χ1v) is 27.3. The second-order valence-electron chi connectivity index (χ2n) is 18.1. The van der Waals surface area contributed by atoms with Gasteiger partial charge in [-0.25, -0.2) is 0 Å². The Hall–Kier alpha value is -2.89. The van der Waals surface area contributed by atoms with Gasteiger partial charge in [0.1, 0.15) is 13.2 Å². The number of hydrogen-bond donors (Lipinski definition) is 0. The second kappa shape index (κ2) is 52.7. The monoisotopic (exact) mass is 895 g/mol. The first-order chi connectivity index (χ1) is 31.5. The summed E-state index contributed by atoms with van der Waals surface area (Å²) in [7, 11) is 0. The van der Waals surface area contributed by atoms with Gasteiger partial charge in [0.25, 0.3) is 0 Å². The highest BCUT2D eigenvalue weighted by Gasteiger charge is 2.19. The third kappa shape index (κ3) is 50.1. The summed E-state index contributed by atoms with van der Waals surface area (Å²) in [5.74, 6) is -0.886. The van der Waals surface area contributed by atoms with E-state index in [9.17, 15) is 14.4 Å². The van der Waals surface area contributed by atoms with Crippen molar-refractivity contribution in [2.45, 2.75) is 277 Å². The Morgan fingerprint density at radius 3 is 0.984 bits per heavy atom. The van der Waals surface area contributed by atoms with Crippen LogP contribution in [-0.2, 0) is 28.6 Å². The number of allylic oxidation sites excluding steroid dienone is 10. The van der Waals surface area contributed by atoms with Crippen LogP contribution in [0.2, 0.25) is 0 Å². The van der Waals surface area contributed by atoms with Crippen molar-refractivity contribution >= 4 is 17.9 Å². The maximum absolute atomic E-state index is 12.8. The topological polar surface area (TPSA) is 78.9 Å². The summed E-state index contributed by atoms with van der Waals surface area (Å²) in [4.78, 5) is 38.0. The van der Waals surface area contributed by atoms with Crippen molar-refractivity contribution in [3.63, 3.8) is 0 Å². The van der Waals surface area contributed by atoms with E-state index in [1.54, 1.807) is 0 Å². The van der Waals surface area contributed by atoms with Crippen LogP contribution in [0.3, 0.4) is 0 Å². The van der Waals surface area contributed by atoms with E-state index in [4.69, 9.17) is 14.2 Å². The van der Waals surface area contributed by atoms with E-state index in [-0.39, 0.29) is 31.1 Å². The fraction of sp³-hybridized carbons (Fsp3) is 0.776. The summed E-state index contributed by atoms with van der Waals surface area (Å²) >= 11 is 0. The molecule has 0 aromatic carbocycles. The van der Waals surface area contributed by atoms with E-state index in [1.807, 2.05) is 0 Å². The highest BCUT2D eigenvalue weighted by Crippen LogP contribution is 2.15. The highest BCUT2D eigenvalue weighted by atomic mass is 16.6. The van der Waals surface area contributed by atoms with Gasteiger partial charge in [0, 0.05) is 19.3 Å². The smallest absolute Gasteiger partial charge is 0.306 e. The molecule has 6 nitrogen and oxygen atoms in total. The van der Waals surface area contributed by atoms with Gasteiger partial charge in [0.05, 0.1) is 0 Å². The summed E-state index contributed by atoms with van der Waals surface area (Å²) < 4.78 is 16.8. The number of carbonyl (C=O) groups is 3. The average Bonchev–Trinajstić information content (AvgIpc) is 3.29. The molecule has 0 heterocycles. The molecule has 0 aromatic heterocycles. The van der Waals surface area contributed by atoms with Gasteiger partial charge in [-0.05, 0) is 83.5 Å². The lowest BCUT2D eigenvalue weighted by molar-refractivity contribution is -0.167. The summed E-state index contributed by atoms with van der Waals surface area (Å²) in [5, 5.41) is 0. The van der Waals surface area contributed by atoms with Crippen LogP contribution < -0.4 is 0 Å². The maximum atomic E-state index is 12.8. The molecule has 0 rings (SSSR count). The van der Waals surface area contributed by atoms with Crippen molar-refractivity contribution in [3.05, 3.63) is 60.8 Å². The molecule has 0 saturated heterocycles. The van der Waals surface area contributed by atoms with E-state index in [1.165, 1.54) is 141 Å². The summed E-state index contributed by atoms with van der Waals surface area (Å²) in [6.07, 6.45) is 64.9. The lowest BCUT2D eigenvalue weighted by atomic mass is 10.1. The number of unbranched alkanes of at least 4 members (excludes halogenated alkanes) is 28. The third-order valence-corrected chi connectivity index (χ3v) is 11.8. The van der Waals surface area contributed by atoms with Crippen molar-refractivity contribution < 1.29 is 28.6 Å². The minimum Gasteiger partial charge on any atom is -0.462 e. The molecular weight excluding hydrogens is 793 g/mol. The van der Waals surface area contributed by atoms with Crippen LogP contribution >= 0.6 is 0 Å². The van der Waals surface area contributed by atoms with Crippen LogP contribution in [0.15, 0.2) is 60.8 Å². The molecule has 64 heavy (non-hydrogen) atoms. The van der Waals surface area contributed by atoms with Crippen LogP contribution in [-0.4, -0.2) is 37.2 Å². The molecule has 0 amide bonds. The molecule has 0 bridgehead atoms. The van der Waals surface area contributed by atoms with Crippen molar-refractivity contribution in [3.8, 4) is 0 Å². The van der Waals surface area contributed by atoms with Gasteiger partial charge < -0.3 is 14.2 Å². The Labute approximate surface area is 396 Å². The molecule has 6 heteroatoms. The fourth-order valence-electron chi connectivity index (χ4n) is 7.66. The predicted molar refractivity (Wildman–Crippen MR) is 275 cm³/mol. The number of carbonyl (C=O) groups excluding carboxylic acids is 3. The van der Waals surface area contributed by atoms with E-state index in [0.29, 0.717) is 19.3 Å². The quantitative estimate of drug-likeness (QED) is 0.0262. The molecule has 0 aromatic rings. The van der Waals surface area contributed by atoms with Crippen molar-refractivity contribution in [1.82, 2.24) is 0 Å². The lowest BCUT2D eigenvalue weighted by Gasteiger charge is -2.18. The van der Waals surface area contributed by atoms with Crippen LogP contribution in [0, 0.1) is 0 Å². The molecule has 0 radical (unpaired) electrons. The Morgan fingerprint density at radius 1 is 0.328 bits per heavy atom. The summed E-state index contributed by atoms with van der Waals surface area (Å²) in [6.45, 7) is 6.50. The number of hydrogen-bond acceptors (Lipinski definition) is 6. The second-order valence-corrected chi connectivity index (χ2v) is 18.1. The zero-order chi connectivity index (χ0) is 46.5. The lowest BCUT2D eigenvalue weighted by Crippen LogP contribution is -2.30. The Morgan fingerprint density at radius 2 is 0.609 bits per heavy atom. The first kappa shape index (κ1) is 61.1. The van der Waals surface area contributed by atoms with Gasteiger partial charge in [-0.1, -0.05) is 229 Å². The fourth-order valence-corrected chi connectivity index (χ4v) is 7.66. The first-order valence-electron chi connectivity index (χ1n) is 27.3. The Kier molecular flexibility index (Phi) is 50.4. The molecule has 0 aliphatic rings. The largest absolute Gasteiger partial charge is 0.462 e. The van der Waals surface area contributed by atoms with Gasteiger partial charge in [-0.15, -0.1) is 0 Å². The van der Waals surface area contributed by atoms with Crippen LogP contribution in [0.4, 0.5) is 0 Å². The van der Waals surface area contributed by atoms with Crippen LogP contribution in [0.25, 0.3) is 0 Å². The van der Waals surface area contributed by atoms with Gasteiger partial charge in [0.15, 0.2) is 6.10 Å². The van der Waals surface area contributed by atoms with E-state index in [0.717, 1.165) is 89.9 Å². The van der Waals surface area contributed by atoms with Crippen LogP contribution in [0.1, 0.15) is 271 Å². The van der Waals surface area contributed by atoms with Gasteiger partial charge >= 0.3 is 17.9 Å². The third-order valence-electron chi connectivity index (χ3n) is 11.8. The standard InChI is InChI=1S/C58H102O6/c1-4-7-10-13-16-19-22-24-26-28-29-31-32-34-36-39-42-45-48-51-57(60)63-54-55(53-62-56(59)50-47-44-41-38-21-18-15-12-9-6-3)64-58(61)52-49-46-43-40-37-35-33-30-27-25-23-20-17-14-11-8-5-2/h8,11,16-17,19-20,24-27,55H,4-7,9-10,12-15,18,21-23,28-54H2,1-3H3/b11-8-,19-16-,20-17-,26-24-,27-25-. The Bertz CT molecular complexity index is 1170. The number of esters is 3. The molecule has 0 aliphatic carbocycles. The van der Waals surface area contributed by atoms with Crippen molar-refractivity contribution in [2.75, 3.05) is 13.2 Å². The molecule has 0 spiro atoms. The van der Waals surface area contributed by atoms with Gasteiger partial charge in [-0.3, -0.25) is 14.4 Å². The normalized spacial score (nSPS) is 12.5. The number of ether oxygens (including phenoxy) is 3. The predicted octanol–water partition coefficient (Wildman–Crippen LogP) is 18.0. The van der Waals surface area contributed by atoms with Crippen molar-refractivity contribution in [2.24, 2.45) is 0 Å². The molecule has 0 fully saturated rings. The van der Waals surface area contributed by atoms with E-state index >= 15 is 0 Å². The molecule has 0 aliphatic heterocycles. The summed E-state index contributed by atoms with van der Waals surface area (Å²) in [5.41, 5.74) is 0. The molecule has 0 N–H and O–H groups in total. The number of rotatable bonds is 49. The molecular formula is C58H102O6. The van der Waals surface area contributed by atoms with Crippen molar-refractivity contribution in [1.29, 1.82) is 0 Å². The molecule has 0 saturated carbocycles.